The standard InChI is InChI=1S/C19H23N3O5/c1-12-4-5-17(18(8-12)25-3)26-11-15-9-16(21-27-15)19(24)22-7-6-14(10-22)20-13(2)23/h4-5,8-9,14H,6-7,10-11H2,1-3H3,(H,20,23)/t14-/m1/s1. The van der Waals surface area contributed by atoms with Crippen molar-refractivity contribution in [3.63, 3.8) is 0 Å². The number of ether oxygens (including phenoxy) is 2. The number of hydrogen-bond donors (Lipinski definition) is 1. The summed E-state index contributed by atoms with van der Waals surface area (Å²) in [4.78, 5) is 25.3. The number of amides is 2. The Morgan fingerprint density at radius 2 is 2.15 bits per heavy atom. The van der Waals surface area contributed by atoms with E-state index in [1.165, 1.54) is 6.92 Å². The van der Waals surface area contributed by atoms with Crippen LogP contribution in [0, 0.1) is 6.92 Å². The van der Waals surface area contributed by atoms with Crippen molar-refractivity contribution in [3.8, 4) is 11.5 Å². The van der Waals surface area contributed by atoms with Gasteiger partial charge in [-0.25, -0.2) is 0 Å². The lowest BCUT2D eigenvalue weighted by Crippen LogP contribution is -2.37. The quantitative estimate of drug-likeness (QED) is 0.831. The molecule has 2 aromatic rings. The van der Waals surface area contributed by atoms with Crippen LogP contribution in [0.2, 0.25) is 0 Å². The molecule has 0 saturated carbocycles. The van der Waals surface area contributed by atoms with Crippen LogP contribution in [-0.2, 0) is 11.4 Å². The van der Waals surface area contributed by atoms with Gasteiger partial charge in [0.25, 0.3) is 5.91 Å². The van der Waals surface area contributed by atoms with Crippen LogP contribution in [0.4, 0.5) is 0 Å². The molecule has 8 nitrogen and oxygen atoms in total. The van der Waals surface area contributed by atoms with Gasteiger partial charge in [-0.2, -0.15) is 0 Å². The van der Waals surface area contributed by atoms with Gasteiger partial charge in [-0.3, -0.25) is 9.59 Å². The zero-order valence-electron chi connectivity index (χ0n) is 15.7. The minimum Gasteiger partial charge on any atom is -0.493 e. The Bertz CT molecular complexity index is 833. The summed E-state index contributed by atoms with van der Waals surface area (Å²) < 4.78 is 16.2. The molecule has 3 rings (SSSR count). The van der Waals surface area contributed by atoms with Gasteiger partial charge in [0.05, 0.1) is 7.11 Å². The van der Waals surface area contributed by atoms with Crippen LogP contribution < -0.4 is 14.8 Å². The zero-order chi connectivity index (χ0) is 19.4. The lowest BCUT2D eigenvalue weighted by Gasteiger charge is -2.15. The number of nitrogens with zero attached hydrogens (tertiary/aromatic N) is 2. The van der Waals surface area contributed by atoms with Crippen LogP contribution in [-0.4, -0.2) is 48.1 Å². The van der Waals surface area contributed by atoms with E-state index >= 15 is 0 Å². The lowest BCUT2D eigenvalue weighted by molar-refractivity contribution is -0.119. The summed E-state index contributed by atoms with van der Waals surface area (Å²) in [6.07, 6.45) is 0.729. The van der Waals surface area contributed by atoms with Gasteiger partial charge in [0.15, 0.2) is 23.0 Å². The number of carbonyl (C=O) groups is 2. The second-order valence-corrected chi connectivity index (χ2v) is 6.56. The minimum absolute atomic E-state index is 0.0184. The lowest BCUT2D eigenvalue weighted by atomic mass is 10.2. The number of nitrogens with one attached hydrogen (secondary N) is 1. The molecule has 0 spiro atoms. The molecule has 2 heterocycles. The normalized spacial score (nSPS) is 16.3. The Morgan fingerprint density at radius 1 is 1.33 bits per heavy atom. The van der Waals surface area contributed by atoms with Crippen LogP contribution in [0.25, 0.3) is 0 Å². The molecule has 1 saturated heterocycles. The number of carbonyl (C=O) groups excluding carboxylic acids is 2. The highest BCUT2D eigenvalue weighted by molar-refractivity contribution is 5.92. The van der Waals surface area contributed by atoms with Gasteiger partial charge in [0.1, 0.15) is 6.61 Å². The number of aryl methyl sites for hydroxylation is 1. The molecule has 1 fully saturated rings. The molecule has 2 amide bonds. The first-order valence-corrected chi connectivity index (χ1v) is 8.75. The molecule has 8 heteroatoms. The van der Waals surface area contributed by atoms with E-state index in [0.717, 1.165) is 12.0 Å². The number of rotatable bonds is 6. The fourth-order valence-corrected chi connectivity index (χ4v) is 3.04. The summed E-state index contributed by atoms with van der Waals surface area (Å²) in [6, 6.07) is 7.18. The molecule has 1 atom stereocenters. The molecule has 0 unspecified atom stereocenters. The maximum Gasteiger partial charge on any atom is 0.276 e. The fraction of sp³-hybridized carbons (Fsp3) is 0.421. The van der Waals surface area contributed by atoms with Crippen molar-refractivity contribution < 1.29 is 23.6 Å². The van der Waals surface area contributed by atoms with Gasteiger partial charge in [0, 0.05) is 32.1 Å². The topological polar surface area (TPSA) is 93.9 Å². The van der Waals surface area contributed by atoms with Crippen LogP contribution in [0.15, 0.2) is 28.8 Å². The Kier molecular flexibility index (Phi) is 5.63. The van der Waals surface area contributed by atoms with E-state index in [1.807, 2.05) is 25.1 Å². The number of aromatic nitrogens is 1. The van der Waals surface area contributed by atoms with E-state index in [1.54, 1.807) is 18.1 Å². The highest BCUT2D eigenvalue weighted by Gasteiger charge is 2.29. The number of benzene rings is 1. The second-order valence-electron chi connectivity index (χ2n) is 6.56. The monoisotopic (exact) mass is 373 g/mol. The third-order valence-corrected chi connectivity index (χ3v) is 4.35. The molecule has 144 valence electrons. The maximum atomic E-state index is 12.5. The van der Waals surface area contributed by atoms with Gasteiger partial charge >= 0.3 is 0 Å². The van der Waals surface area contributed by atoms with Crippen molar-refractivity contribution in [1.82, 2.24) is 15.4 Å². The average molecular weight is 373 g/mol. The van der Waals surface area contributed by atoms with E-state index < -0.39 is 0 Å². The van der Waals surface area contributed by atoms with Gasteiger partial charge in [-0.15, -0.1) is 0 Å². The summed E-state index contributed by atoms with van der Waals surface area (Å²) in [6.45, 7) is 4.61. The molecule has 1 N–H and O–H groups in total. The number of methoxy groups -OCH3 is 1. The summed E-state index contributed by atoms with van der Waals surface area (Å²) in [5.41, 5.74) is 1.29. The molecular formula is C19H23N3O5. The predicted molar refractivity (Wildman–Crippen MR) is 96.7 cm³/mol. The number of likely N-dealkylation sites (tertiary alicyclic amines) is 1. The SMILES string of the molecule is COc1cc(C)ccc1OCc1cc(C(=O)N2CC[C@@H](NC(C)=O)C2)no1. The van der Waals surface area contributed by atoms with E-state index in [2.05, 4.69) is 10.5 Å². The van der Waals surface area contributed by atoms with Crippen molar-refractivity contribution in [2.24, 2.45) is 0 Å². The van der Waals surface area contributed by atoms with Gasteiger partial charge in [-0.05, 0) is 31.0 Å². The van der Waals surface area contributed by atoms with Crippen molar-refractivity contribution in [2.75, 3.05) is 20.2 Å². The second kappa shape index (κ2) is 8.11. The van der Waals surface area contributed by atoms with Gasteiger partial charge in [-0.1, -0.05) is 11.2 Å². The van der Waals surface area contributed by atoms with E-state index in [0.29, 0.717) is 30.3 Å². The minimum atomic E-state index is -0.217. The molecule has 27 heavy (non-hydrogen) atoms. The smallest absolute Gasteiger partial charge is 0.276 e. The highest BCUT2D eigenvalue weighted by Crippen LogP contribution is 2.28. The van der Waals surface area contributed by atoms with Crippen molar-refractivity contribution in [3.05, 3.63) is 41.3 Å². The molecular weight excluding hydrogens is 350 g/mol. The third kappa shape index (κ3) is 4.58. The van der Waals surface area contributed by atoms with Crippen molar-refractivity contribution in [2.45, 2.75) is 32.9 Å². The Morgan fingerprint density at radius 3 is 2.89 bits per heavy atom. The Hall–Kier alpha value is -3.03. The van der Waals surface area contributed by atoms with Crippen LogP contribution >= 0.6 is 0 Å². The summed E-state index contributed by atoms with van der Waals surface area (Å²) in [5, 5.41) is 6.68. The third-order valence-electron chi connectivity index (χ3n) is 4.35. The highest BCUT2D eigenvalue weighted by atomic mass is 16.5. The maximum absolute atomic E-state index is 12.5. The first-order chi connectivity index (χ1) is 13.0. The Balaban J connectivity index is 1.59. The summed E-state index contributed by atoms with van der Waals surface area (Å²) >= 11 is 0. The van der Waals surface area contributed by atoms with E-state index in [9.17, 15) is 9.59 Å². The Labute approximate surface area is 157 Å². The molecule has 1 aromatic carbocycles. The largest absolute Gasteiger partial charge is 0.493 e. The first-order valence-electron chi connectivity index (χ1n) is 8.75. The molecule has 1 aliphatic rings. The summed E-state index contributed by atoms with van der Waals surface area (Å²) in [7, 11) is 1.58. The summed E-state index contributed by atoms with van der Waals surface area (Å²) in [5.74, 6) is 1.35. The fourth-order valence-electron chi connectivity index (χ4n) is 3.04. The average Bonchev–Trinajstić information content (AvgIpc) is 3.29. The predicted octanol–water partition coefficient (Wildman–Crippen LogP) is 1.92. The number of hydrogen-bond acceptors (Lipinski definition) is 6. The van der Waals surface area contributed by atoms with Gasteiger partial charge < -0.3 is 24.2 Å². The van der Waals surface area contributed by atoms with Gasteiger partial charge in [0.2, 0.25) is 5.91 Å². The molecule has 0 aliphatic carbocycles. The van der Waals surface area contributed by atoms with E-state index in [4.69, 9.17) is 14.0 Å². The van der Waals surface area contributed by atoms with Crippen LogP contribution in [0.5, 0.6) is 11.5 Å². The first kappa shape index (κ1) is 18.8. The van der Waals surface area contributed by atoms with Crippen molar-refractivity contribution >= 4 is 11.8 Å². The molecule has 1 aromatic heterocycles. The molecule has 1 aliphatic heterocycles. The zero-order valence-corrected chi connectivity index (χ0v) is 15.7. The molecule has 0 radical (unpaired) electrons. The molecule has 0 bridgehead atoms. The van der Waals surface area contributed by atoms with E-state index in [-0.39, 0.29) is 30.2 Å². The van der Waals surface area contributed by atoms with Crippen LogP contribution in [0.1, 0.15) is 35.2 Å². The van der Waals surface area contributed by atoms with Crippen LogP contribution in [0.3, 0.4) is 0 Å². The van der Waals surface area contributed by atoms with Crippen molar-refractivity contribution in [1.29, 1.82) is 0 Å².